The molecule has 3 aromatic rings. The minimum atomic E-state index is -0.632. The Kier molecular flexibility index (Phi) is 6.10. The van der Waals surface area contributed by atoms with Gasteiger partial charge in [0.15, 0.2) is 6.61 Å². The molecule has 2 aromatic carbocycles. The molecule has 0 radical (unpaired) electrons. The average molecular weight is 375 g/mol. The smallest absolute Gasteiger partial charge is 0.338 e. The zero-order valence-corrected chi connectivity index (χ0v) is 14.8. The lowest BCUT2D eigenvalue weighted by Gasteiger charge is -2.11. The molecule has 7 heteroatoms. The number of pyridine rings is 1. The van der Waals surface area contributed by atoms with Crippen LogP contribution in [-0.2, 0) is 9.53 Å². The molecule has 1 aromatic heterocycles. The zero-order valence-electron chi connectivity index (χ0n) is 14.8. The van der Waals surface area contributed by atoms with E-state index in [1.165, 1.54) is 24.5 Å². The van der Waals surface area contributed by atoms with Crippen LogP contribution in [0.5, 0.6) is 0 Å². The van der Waals surface area contributed by atoms with Crippen LogP contribution in [0, 0.1) is 0 Å². The maximum atomic E-state index is 12.5. The Morgan fingerprint density at radius 1 is 0.821 bits per heavy atom. The first-order valence-corrected chi connectivity index (χ1v) is 8.46. The molecule has 0 saturated heterocycles. The van der Waals surface area contributed by atoms with E-state index < -0.39 is 18.5 Å². The van der Waals surface area contributed by atoms with Crippen molar-refractivity contribution < 1.29 is 19.1 Å². The largest absolute Gasteiger partial charge is 0.452 e. The van der Waals surface area contributed by atoms with Crippen molar-refractivity contribution in [3.05, 3.63) is 90.3 Å². The fourth-order valence-electron chi connectivity index (χ4n) is 2.40. The highest BCUT2D eigenvalue weighted by Crippen LogP contribution is 2.17. The minimum absolute atomic E-state index is 0.292. The molecule has 2 amide bonds. The number of hydrogen-bond donors (Lipinski definition) is 2. The molecule has 0 aliphatic rings. The van der Waals surface area contributed by atoms with Crippen molar-refractivity contribution >= 4 is 29.2 Å². The lowest BCUT2D eigenvalue weighted by atomic mass is 10.1. The van der Waals surface area contributed by atoms with Gasteiger partial charge in [-0.25, -0.2) is 4.79 Å². The fourth-order valence-corrected chi connectivity index (χ4v) is 2.40. The maximum Gasteiger partial charge on any atom is 0.338 e. The molecule has 0 saturated carbocycles. The summed E-state index contributed by atoms with van der Waals surface area (Å²) < 4.78 is 4.98. The van der Waals surface area contributed by atoms with Crippen molar-refractivity contribution in [3.8, 4) is 0 Å². The second-order valence-corrected chi connectivity index (χ2v) is 5.73. The predicted molar refractivity (Wildman–Crippen MR) is 104 cm³/mol. The Hall–Kier alpha value is -4.00. The Balaban J connectivity index is 1.62. The van der Waals surface area contributed by atoms with E-state index in [0.29, 0.717) is 22.5 Å². The van der Waals surface area contributed by atoms with E-state index in [1.54, 1.807) is 48.5 Å². The lowest BCUT2D eigenvalue weighted by molar-refractivity contribution is -0.119. The van der Waals surface area contributed by atoms with Crippen molar-refractivity contribution in [2.24, 2.45) is 0 Å². The third-order valence-electron chi connectivity index (χ3n) is 3.73. The standard InChI is InChI=1S/C21H17N3O4/c25-19(14-28-21(27)15-10-12-22-13-11-15)24-18-9-5-4-8-17(18)20(26)23-16-6-2-1-3-7-16/h1-13H,14H2,(H,23,26)(H,24,25). The monoisotopic (exact) mass is 375 g/mol. The molecule has 0 spiro atoms. The van der Waals surface area contributed by atoms with Gasteiger partial charge in [0.25, 0.3) is 11.8 Å². The second kappa shape index (κ2) is 9.09. The molecule has 28 heavy (non-hydrogen) atoms. The Bertz CT molecular complexity index is 975. The van der Waals surface area contributed by atoms with Gasteiger partial charge in [-0.3, -0.25) is 14.6 Å². The fraction of sp³-hybridized carbons (Fsp3) is 0.0476. The van der Waals surface area contributed by atoms with Crippen molar-refractivity contribution in [1.29, 1.82) is 0 Å². The van der Waals surface area contributed by atoms with Crippen LogP contribution in [0.15, 0.2) is 79.1 Å². The van der Waals surface area contributed by atoms with Gasteiger partial charge in [-0.1, -0.05) is 30.3 Å². The summed E-state index contributed by atoms with van der Waals surface area (Å²) in [5.74, 6) is -1.55. The number of carbonyl (C=O) groups is 3. The second-order valence-electron chi connectivity index (χ2n) is 5.73. The zero-order chi connectivity index (χ0) is 19.8. The molecule has 2 N–H and O–H groups in total. The van der Waals surface area contributed by atoms with E-state index in [0.717, 1.165) is 0 Å². The van der Waals surface area contributed by atoms with Gasteiger partial charge in [0.1, 0.15) is 0 Å². The Morgan fingerprint density at radius 3 is 2.25 bits per heavy atom. The van der Waals surface area contributed by atoms with Crippen molar-refractivity contribution in [1.82, 2.24) is 4.98 Å². The predicted octanol–water partition coefficient (Wildman–Crippen LogP) is 3.13. The highest BCUT2D eigenvalue weighted by atomic mass is 16.5. The lowest BCUT2D eigenvalue weighted by Crippen LogP contribution is -2.23. The van der Waals surface area contributed by atoms with Crippen LogP contribution in [0.4, 0.5) is 11.4 Å². The van der Waals surface area contributed by atoms with Crippen LogP contribution in [0.2, 0.25) is 0 Å². The number of amides is 2. The molecule has 0 aliphatic carbocycles. The summed E-state index contributed by atoms with van der Waals surface area (Å²) in [6, 6.07) is 18.5. The number of rotatable bonds is 6. The third-order valence-corrected chi connectivity index (χ3v) is 3.73. The first-order chi connectivity index (χ1) is 13.6. The first kappa shape index (κ1) is 18.8. The number of anilines is 2. The van der Waals surface area contributed by atoms with Crippen molar-refractivity contribution in [3.63, 3.8) is 0 Å². The summed E-state index contributed by atoms with van der Waals surface area (Å²) in [6.07, 6.45) is 2.91. The quantitative estimate of drug-likeness (QED) is 0.645. The third kappa shape index (κ3) is 5.01. The molecular formula is C21H17N3O4. The number of benzene rings is 2. The highest BCUT2D eigenvalue weighted by Gasteiger charge is 2.15. The molecule has 0 atom stereocenters. The summed E-state index contributed by atoms with van der Waals surface area (Å²) in [5, 5.41) is 5.36. The van der Waals surface area contributed by atoms with E-state index in [1.807, 2.05) is 6.07 Å². The van der Waals surface area contributed by atoms with Crippen LogP contribution in [0.3, 0.4) is 0 Å². The molecule has 3 rings (SSSR count). The van der Waals surface area contributed by atoms with E-state index in [4.69, 9.17) is 4.74 Å². The summed E-state index contributed by atoms with van der Waals surface area (Å²) in [7, 11) is 0. The van der Waals surface area contributed by atoms with Gasteiger partial charge in [-0.15, -0.1) is 0 Å². The summed E-state index contributed by atoms with van der Waals surface area (Å²) in [4.78, 5) is 40.4. The number of carbonyl (C=O) groups excluding carboxylic acids is 3. The van der Waals surface area contributed by atoms with Crippen LogP contribution in [0.1, 0.15) is 20.7 Å². The van der Waals surface area contributed by atoms with E-state index in [-0.39, 0.29) is 5.91 Å². The summed E-state index contributed by atoms with van der Waals surface area (Å²) in [5.41, 5.74) is 1.55. The topological polar surface area (TPSA) is 97.4 Å². The molecule has 140 valence electrons. The maximum absolute atomic E-state index is 12.5. The average Bonchev–Trinajstić information content (AvgIpc) is 2.73. The molecule has 0 fully saturated rings. The number of aromatic nitrogens is 1. The van der Waals surface area contributed by atoms with Gasteiger partial charge in [-0.2, -0.15) is 0 Å². The molecule has 0 bridgehead atoms. The number of ether oxygens (including phenoxy) is 1. The van der Waals surface area contributed by atoms with Crippen LogP contribution in [-0.4, -0.2) is 29.4 Å². The van der Waals surface area contributed by atoms with Crippen LogP contribution >= 0.6 is 0 Å². The van der Waals surface area contributed by atoms with Gasteiger partial charge in [0.2, 0.25) is 0 Å². The van der Waals surface area contributed by atoms with E-state index in [2.05, 4.69) is 15.6 Å². The molecule has 7 nitrogen and oxygen atoms in total. The summed E-state index contributed by atoms with van der Waals surface area (Å²) >= 11 is 0. The Labute approximate surface area is 161 Å². The minimum Gasteiger partial charge on any atom is -0.452 e. The van der Waals surface area contributed by atoms with Gasteiger partial charge in [0.05, 0.1) is 16.8 Å². The molecule has 1 heterocycles. The summed E-state index contributed by atoms with van der Waals surface area (Å²) in [6.45, 7) is -0.476. The Morgan fingerprint density at radius 2 is 1.50 bits per heavy atom. The van der Waals surface area contributed by atoms with Crippen LogP contribution in [0.25, 0.3) is 0 Å². The first-order valence-electron chi connectivity index (χ1n) is 8.46. The number of nitrogens with zero attached hydrogens (tertiary/aromatic N) is 1. The number of nitrogens with one attached hydrogen (secondary N) is 2. The van der Waals surface area contributed by atoms with E-state index >= 15 is 0 Å². The molecular weight excluding hydrogens is 358 g/mol. The molecule has 0 aliphatic heterocycles. The number of para-hydroxylation sites is 2. The van der Waals surface area contributed by atoms with Crippen molar-refractivity contribution in [2.75, 3.05) is 17.2 Å². The van der Waals surface area contributed by atoms with Gasteiger partial charge in [-0.05, 0) is 36.4 Å². The number of esters is 1. The SMILES string of the molecule is O=C(COC(=O)c1ccncc1)Nc1ccccc1C(=O)Nc1ccccc1. The van der Waals surface area contributed by atoms with Gasteiger partial charge in [0, 0.05) is 18.1 Å². The van der Waals surface area contributed by atoms with Gasteiger partial charge >= 0.3 is 5.97 Å². The van der Waals surface area contributed by atoms with Crippen molar-refractivity contribution in [2.45, 2.75) is 0 Å². The molecule has 0 unspecified atom stereocenters. The van der Waals surface area contributed by atoms with Gasteiger partial charge < -0.3 is 15.4 Å². The van der Waals surface area contributed by atoms with Crippen LogP contribution < -0.4 is 10.6 Å². The normalized spacial score (nSPS) is 10.0. The highest BCUT2D eigenvalue weighted by molar-refractivity contribution is 6.10. The van der Waals surface area contributed by atoms with E-state index in [9.17, 15) is 14.4 Å². The number of hydrogen-bond acceptors (Lipinski definition) is 5.